The summed E-state index contributed by atoms with van der Waals surface area (Å²) in [6.07, 6.45) is 0. The van der Waals surface area contributed by atoms with E-state index in [0.29, 0.717) is 18.2 Å². The highest BCUT2D eigenvalue weighted by molar-refractivity contribution is 7.85. The smallest absolute Gasteiger partial charge is 0.237 e. The van der Waals surface area contributed by atoms with Crippen molar-refractivity contribution in [3.63, 3.8) is 0 Å². The van der Waals surface area contributed by atoms with Crippen LogP contribution in [0.1, 0.15) is 34.6 Å². The summed E-state index contributed by atoms with van der Waals surface area (Å²) >= 11 is 0. The zero-order valence-corrected chi connectivity index (χ0v) is 13.7. The third-order valence-corrected chi connectivity index (χ3v) is 5.01. The van der Waals surface area contributed by atoms with Gasteiger partial charge in [0, 0.05) is 47.5 Å². The maximum absolute atomic E-state index is 12.4. The van der Waals surface area contributed by atoms with Crippen molar-refractivity contribution in [2.75, 3.05) is 31.1 Å². The van der Waals surface area contributed by atoms with Crippen molar-refractivity contribution in [1.82, 2.24) is 9.80 Å². The van der Waals surface area contributed by atoms with Gasteiger partial charge in [-0.2, -0.15) is 0 Å². The molecule has 2 atom stereocenters. The molecule has 1 saturated heterocycles. The Balaban J connectivity index is 2.62. The van der Waals surface area contributed by atoms with Crippen LogP contribution in [0.2, 0.25) is 0 Å². The average Bonchev–Trinajstić information content (AvgIpc) is 2.38. The molecule has 0 aromatic rings. The van der Waals surface area contributed by atoms with Gasteiger partial charge in [0.05, 0.1) is 6.54 Å². The van der Waals surface area contributed by atoms with Gasteiger partial charge in [-0.05, 0) is 33.6 Å². The van der Waals surface area contributed by atoms with Gasteiger partial charge in [-0.1, -0.05) is 6.92 Å². The molecule has 0 aromatic heterocycles. The molecular formula is C14H28N2O2S. The summed E-state index contributed by atoms with van der Waals surface area (Å²) in [5.74, 6) is 2.05. The molecule has 0 aliphatic carbocycles. The van der Waals surface area contributed by atoms with Crippen LogP contribution in [-0.2, 0) is 15.6 Å². The highest BCUT2D eigenvalue weighted by Gasteiger charge is 2.25. The van der Waals surface area contributed by atoms with Crippen LogP contribution in [0.3, 0.4) is 0 Å². The number of hydrogen-bond acceptors (Lipinski definition) is 3. The molecule has 1 fully saturated rings. The summed E-state index contributed by atoms with van der Waals surface area (Å²) < 4.78 is 11.7. The summed E-state index contributed by atoms with van der Waals surface area (Å²) in [4.78, 5) is 16.5. The molecule has 1 aliphatic rings. The molecule has 1 aliphatic heterocycles. The first kappa shape index (κ1) is 16.6. The quantitative estimate of drug-likeness (QED) is 0.784. The second-order valence-corrected chi connectivity index (χ2v) is 7.76. The Kier molecular flexibility index (Phi) is 6.47. The minimum atomic E-state index is -0.718. The molecule has 0 bridgehead atoms. The zero-order chi connectivity index (χ0) is 14.6. The first-order chi connectivity index (χ1) is 8.81. The predicted octanol–water partition coefficient (Wildman–Crippen LogP) is 1.33. The van der Waals surface area contributed by atoms with E-state index in [9.17, 15) is 9.00 Å². The van der Waals surface area contributed by atoms with Crippen LogP contribution in [0.5, 0.6) is 0 Å². The lowest BCUT2D eigenvalue weighted by Crippen LogP contribution is -2.48. The van der Waals surface area contributed by atoms with Crippen LogP contribution in [-0.4, -0.2) is 63.1 Å². The van der Waals surface area contributed by atoms with E-state index < -0.39 is 10.8 Å². The van der Waals surface area contributed by atoms with Crippen molar-refractivity contribution in [3.8, 4) is 0 Å². The molecule has 112 valence electrons. The van der Waals surface area contributed by atoms with E-state index in [4.69, 9.17) is 0 Å². The lowest BCUT2D eigenvalue weighted by Gasteiger charge is -2.33. The molecule has 0 aromatic carbocycles. The molecule has 0 unspecified atom stereocenters. The first-order valence-electron chi connectivity index (χ1n) is 7.19. The Morgan fingerprint density at radius 2 is 1.89 bits per heavy atom. The van der Waals surface area contributed by atoms with E-state index in [1.54, 1.807) is 0 Å². The Morgan fingerprint density at radius 3 is 2.42 bits per heavy atom. The first-order valence-corrected chi connectivity index (χ1v) is 8.68. The predicted molar refractivity (Wildman–Crippen MR) is 80.6 cm³/mol. The van der Waals surface area contributed by atoms with Crippen molar-refractivity contribution in [3.05, 3.63) is 0 Å². The summed E-state index contributed by atoms with van der Waals surface area (Å²) in [6, 6.07) is 0.456. The van der Waals surface area contributed by atoms with E-state index in [0.717, 1.165) is 18.8 Å². The molecule has 4 nitrogen and oxygen atoms in total. The SMILES string of the molecule is CC(C)N(C(=O)CN1CC[S@](=O)C[C@H](C)C1)C(C)C. The molecule has 0 radical (unpaired) electrons. The molecule has 0 saturated carbocycles. The Labute approximate surface area is 120 Å². The van der Waals surface area contributed by atoms with Crippen molar-refractivity contribution in [2.24, 2.45) is 5.92 Å². The topological polar surface area (TPSA) is 40.6 Å². The fraction of sp³-hybridized carbons (Fsp3) is 0.929. The summed E-state index contributed by atoms with van der Waals surface area (Å²) in [5, 5.41) is 0. The standard InChI is InChI=1S/C14H28N2O2S/c1-11(2)16(12(3)4)14(17)9-15-6-7-19(18)10-13(5)8-15/h11-13H,6-10H2,1-5H3/t13-,19+/m1/s1. The molecule has 0 N–H and O–H groups in total. The summed E-state index contributed by atoms with van der Waals surface area (Å²) in [7, 11) is -0.718. The van der Waals surface area contributed by atoms with E-state index in [1.165, 1.54) is 0 Å². The molecule has 1 heterocycles. The molecular weight excluding hydrogens is 260 g/mol. The zero-order valence-electron chi connectivity index (χ0n) is 12.9. The number of amides is 1. The van der Waals surface area contributed by atoms with Crippen molar-refractivity contribution in [2.45, 2.75) is 46.7 Å². The Morgan fingerprint density at radius 1 is 1.32 bits per heavy atom. The normalized spacial score (nSPS) is 25.6. The van der Waals surface area contributed by atoms with Gasteiger partial charge in [-0.3, -0.25) is 13.9 Å². The maximum Gasteiger partial charge on any atom is 0.237 e. The highest BCUT2D eigenvalue weighted by atomic mass is 32.2. The van der Waals surface area contributed by atoms with Crippen LogP contribution in [0.4, 0.5) is 0 Å². The fourth-order valence-corrected chi connectivity index (χ4v) is 4.17. The third kappa shape index (κ3) is 5.22. The monoisotopic (exact) mass is 288 g/mol. The number of nitrogens with zero attached hydrogens (tertiary/aromatic N) is 2. The molecule has 1 rings (SSSR count). The number of hydrogen-bond donors (Lipinski definition) is 0. The van der Waals surface area contributed by atoms with Crippen molar-refractivity contribution >= 4 is 16.7 Å². The lowest BCUT2D eigenvalue weighted by molar-refractivity contribution is -0.136. The number of rotatable bonds is 4. The summed E-state index contributed by atoms with van der Waals surface area (Å²) in [5.41, 5.74) is 0. The van der Waals surface area contributed by atoms with Crippen molar-refractivity contribution < 1.29 is 9.00 Å². The van der Waals surface area contributed by atoms with Gasteiger partial charge in [0.2, 0.25) is 5.91 Å². The average molecular weight is 288 g/mol. The van der Waals surface area contributed by atoms with Crippen LogP contribution < -0.4 is 0 Å². The van der Waals surface area contributed by atoms with Gasteiger partial charge in [0.25, 0.3) is 0 Å². The van der Waals surface area contributed by atoms with Crippen LogP contribution >= 0.6 is 0 Å². The largest absolute Gasteiger partial charge is 0.337 e. The highest BCUT2D eigenvalue weighted by Crippen LogP contribution is 2.11. The van der Waals surface area contributed by atoms with Gasteiger partial charge in [-0.25, -0.2) is 0 Å². The Hall–Kier alpha value is -0.420. The van der Waals surface area contributed by atoms with Crippen LogP contribution in [0, 0.1) is 5.92 Å². The second-order valence-electron chi connectivity index (χ2n) is 6.14. The van der Waals surface area contributed by atoms with Gasteiger partial charge in [0.15, 0.2) is 0 Å². The number of carbonyl (C=O) groups excluding carboxylic acids is 1. The molecule has 0 spiro atoms. The minimum absolute atomic E-state index is 0.185. The van der Waals surface area contributed by atoms with Gasteiger partial charge in [0.1, 0.15) is 0 Å². The van der Waals surface area contributed by atoms with E-state index in [-0.39, 0.29) is 18.0 Å². The van der Waals surface area contributed by atoms with Crippen molar-refractivity contribution in [1.29, 1.82) is 0 Å². The van der Waals surface area contributed by atoms with E-state index in [1.807, 2.05) is 4.90 Å². The van der Waals surface area contributed by atoms with Crippen LogP contribution in [0.15, 0.2) is 0 Å². The van der Waals surface area contributed by atoms with Gasteiger partial charge < -0.3 is 4.90 Å². The lowest BCUT2D eigenvalue weighted by atomic mass is 10.2. The van der Waals surface area contributed by atoms with Gasteiger partial charge in [-0.15, -0.1) is 0 Å². The van der Waals surface area contributed by atoms with Crippen LogP contribution in [0.25, 0.3) is 0 Å². The summed E-state index contributed by atoms with van der Waals surface area (Å²) in [6.45, 7) is 12.4. The molecule has 19 heavy (non-hydrogen) atoms. The minimum Gasteiger partial charge on any atom is -0.337 e. The Bertz CT molecular complexity index is 323. The fourth-order valence-electron chi connectivity index (χ4n) is 2.81. The second kappa shape index (κ2) is 7.39. The van der Waals surface area contributed by atoms with E-state index >= 15 is 0 Å². The van der Waals surface area contributed by atoms with E-state index in [2.05, 4.69) is 39.5 Å². The van der Waals surface area contributed by atoms with Gasteiger partial charge >= 0.3 is 0 Å². The molecule has 1 amide bonds. The molecule has 5 heteroatoms. The maximum atomic E-state index is 12.4. The number of carbonyl (C=O) groups is 1. The third-order valence-electron chi connectivity index (χ3n) is 3.44.